The summed E-state index contributed by atoms with van der Waals surface area (Å²) in [5.41, 5.74) is 3.19. The van der Waals surface area contributed by atoms with Gasteiger partial charge in [-0.25, -0.2) is 4.79 Å². The molecule has 200 valence electrons. The van der Waals surface area contributed by atoms with Crippen molar-refractivity contribution in [1.82, 2.24) is 20.4 Å². The molecule has 4 rings (SSSR count). The van der Waals surface area contributed by atoms with Crippen LogP contribution in [0.15, 0.2) is 42.5 Å². The predicted octanol–water partition coefficient (Wildman–Crippen LogP) is 3.40. The predicted molar refractivity (Wildman–Crippen MR) is 147 cm³/mol. The molecule has 10 heteroatoms. The third-order valence-electron chi connectivity index (χ3n) is 6.96. The maximum atomic E-state index is 13.8. The number of methoxy groups -OCH3 is 1. The smallest absolute Gasteiger partial charge is 0.318 e. The van der Waals surface area contributed by atoms with Gasteiger partial charge >= 0.3 is 6.03 Å². The Balaban J connectivity index is 1.44. The highest BCUT2D eigenvalue weighted by Gasteiger charge is 2.37. The van der Waals surface area contributed by atoms with E-state index in [0.717, 1.165) is 25.2 Å². The number of hydrogen-bond acceptors (Lipinski definition) is 5. The van der Waals surface area contributed by atoms with Gasteiger partial charge < -0.3 is 30.1 Å². The number of hydrogen-bond donors (Lipinski definition) is 2. The standard InChI is InChI=1S/C27H35Cl2N5O3/c1-19(18-37-2)31-17-21-5-3-4-6-24(21)32-11-13-33(14-12-32)26(35)25(34-10-9-30-27(34)36)15-20-7-8-22(28)16-23(20)29/h3-8,16,19,25,31H,9-15,17-18H2,1-2H3,(H,30,36)/t19-,25?/m1/s1. The number of rotatable bonds is 10. The van der Waals surface area contributed by atoms with E-state index in [4.69, 9.17) is 27.9 Å². The number of nitrogens with zero attached hydrogens (tertiary/aromatic N) is 3. The molecular weight excluding hydrogens is 513 g/mol. The Labute approximate surface area is 228 Å². The number of carbonyl (C=O) groups is 2. The van der Waals surface area contributed by atoms with Crippen LogP contribution in [-0.4, -0.2) is 86.8 Å². The fourth-order valence-electron chi connectivity index (χ4n) is 4.95. The lowest BCUT2D eigenvalue weighted by Crippen LogP contribution is -2.56. The van der Waals surface area contributed by atoms with Crippen molar-refractivity contribution in [2.45, 2.75) is 32.0 Å². The highest BCUT2D eigenvalue weighted by Crippen LogP contribution is 2.26. The van der Waals surface area contributed by atoms with Gasteiger partial charge in [0.1, 0.15) is 6.04 Å². The van der Waals surface area contributed by atoms with Crippen LogP contribution in [0.3, 0.4) is 0 Å². The molecule has 0 saturated carbocycles. The van der Waals surface area contributed by atoms with Gasteiger partial charge in [0.25, 0.3) is 0 Å². The number of nitrogens with one attached hydrogen (secondary N) is 2. The lowest BCUT2D eigenvalue weighted by atomic mass is 10.0. The van der Waals surface area contributed by atoms with E-state index in [-0.39, 0.29) is 18.0 Å². The van der Waals surface area contributed by atoms with Gasteiger partial charge in [0.05, 0.1) is 6.61 Å². The van der Waals surface area contributed by atoms with Crippen LogP contribution in [0.2, 0.25) is 10.0 Å². The van der Waals surface area contributed by atoms with Crippen LogP contribution >= 0.6 is 23.2 Å². The number of anilines is 1. The number of para-hydroxylation sites is 1. The minimum atomic E-state index is -0.619. The zero-order chi connectivity index (χ0) is 26.4. The molecule has 8 nitrogen and oxygen atoms in total. The molecule has 0 bridgehead atoms. The van der Waals surface area contributed by atoms with Gasteiger partial charge in [-0.2, -0.15) is 0 Å². The summed E-state index contributed by atoms with van der Waals surface area (Å²) in [6.45, 7) is 7.12. The van der Waals surface area contributed by atoms with Crippen molar-refractivity contribution >= 4 is 40.8 Å². The summed E-state index contributed by atoms with van der Waals surface area (Å²) >= 11 is 12.5. The van der Waals surface area contributed by atoms with Gasteiger partial charge in [-0.15, -0.1) is 0 Å². The Morgan fingerprint density at radius 1 is 1.08 bits per heavy atom. The lowest BCUT2D eigenvalue weighted by Gasteiger charge is -2.39. The van der Waals surface area contributed by atoms with Crippen molar-refractivity contribution in [3.05, 3.63) is 63.6 Å². The Kier molecular flexibility index (Phi) is 9.54. The number of ether oxygens (including phenoxy) is 1. The van der Waals surface area contributed by atoms with Gasteiger partial charge in [-0.3, -0.25) is 4.79 Å². The molecule has 3 amide bonds. The fourth-order valence-corrected chi connectivity index (χ4v) is 5.44. The van der Waals surface area contributed by atoms with Crippen LogP contribution in [0, 0.1) is 0 Å². The SMILES string of the molecule is COC[C@@H](C)NCc1ccccc1N1CCN(C(=O)C(Cc2ccc(Cl)cc2Cl)N2CCNC2=O)CC1. The quantitative estimate of drug-likeness (QED) is 0.476. The van der Waals surface area contributed by atoms with Crippen molar-refractivity contribution in [2.75, 3.05) is 57.9 Å². The summed E-state index contributed by atoms with van der Waals surface area (Å²) in [7, 11) is 1.71. The van der Waals surface area contributed by atoms with Crippen LogP contribution in [0.25, 0.3) is 0 Å². The van der Waals surface area contributed by atoms with Crippen molar-refractivity contribution in [2.24, 2.45) is 0 Å². The molecule has 2 aliphatic heterocycles. The second kappa shape index (κ2) is 12.8. The van der Waals surface area contributed by atoms with Gasteiger partial charge in [0.2, 0.25) is 5.91 Å². The molecular formula is C27H35Cl2N5O3. The maximum Gasteiger partial charge on any atom is 0.318 e. The molecule has 2 heterocycles. The highest BCUT2D eigenvalue weighted by molar-refractivity contribution is 6.35. The van der Waals surface area contributed by atoms with Crippen LogP contribution in [0.1, 0.15) is 18.1 Å². The number of urea groups is 1. The van der Waals surface area contributed by atoms with E-state index in [1.165, 1.54) is 11.3 Å². The molecule has 2 aliphatic rings. The molecule has 0 aromatic heterocycles. The summed E-state index contributed by atoms with van der Waals surface area (Å²) in [4.78, 5) is 32.1. The van der Waals surface area contributed by atoms with Crippen molar-refractivity contribution in [1.29, 1.82) is 0 Å². The van der Waals surface area contributed by atoms with Crippen LogP contribution in [0.5, 0.6) is 0 Å². The third kappa shape index (κ3) is 6.87. The molecule has 0 spiro atoms. The molecule has 2 atom stereocenters. The van der Waals surface area contributed by atoms with E-state index in [2.05, 4.69) is 40.7 Å². The van der Waals surface area contributed by atoms with Crippen LogP contribution in [0.4, 0.5) is 10.5 Å². The van der Waals surface area contributed by atoms with E-state index in [1.54, 1.807) is 24.1 Å². The summed E-state index contributed by atoms with van der Waals surface area (Å²) in [5.74, 6) is -0.0499. The highest BCUT2D eigenvalue weighted by atomic mass is 35.5. The molecule has 0 aliphatic carbocycles. The van der Waals surface area contributed by atoms with Gasteiger partial charge in [-0.05, 0) is 36.2 Å². The summed E-state index contributed by atoms with van der Waals surface area (Å²) in [6, 6.07) is 13.0. The first kappa shape index (κ1) is 27.5. The summed E-state index contributed by atoms with van der Waals surface area (Å²) in [6.07, 6.45) is 0.344. The largest absolute Gasteiger partial charge is 0.383 e. The average Bonchev–Trinajstić information content (AvgIpc) is 3.32. The van der Waals surface area contributed by atoms with Crippen LogP contribution < -0.4 is 15.5 Å². The van der Waals surface area contributed by atoms with E-state index < -0.39 is 6.04 Å². The maximum absolute atomic E-state index is 13.8. The number of halogens is 2. The van der Waals surface area contributed by atoms with Gasteiger partial charge in [0.15, 0.2) is 0 Å². The van der Waals surface area contributed by atoms with Gasteiger partial charge in [-0.1, -0.05) is 47.5 Å². The third-order valence-corrected chi connectivity index (χ3v) is 7.55. The van der Waals surface area contributed by atoms with E-state index >= 15 is 0 Å². The fraction of sp³-hybridized carbons (Fsp3) is 0.481. The Bertz CT molecular complexity index is 1090. The molecule has 37 heavy (non-hydrogen) atoms. The number of benzene rings is 2. The first-order valence-electron chi connectivity index (χ1n) is 12.7. The molecule has 1 unspecified atom stereocenters. The Hall–Kier alpha value is -2.52. The summed E-state index contributed by atoms with van der Waals surface area (Å²) in [5, 5.41) is 7.37. The molecule has 2 fully saturated rings. The average molecular weight is 549 g/mol. The number of carbonyl (C=O) groups excluding carboxylic acids is 2. The zero-order valence-electron chi connectivity index (χ0n) is 21.4. The minimum absolute atomic E-state index is 0.0499. The second-order valence-electron chi connectivity index (χ2n) is 9.56. The van der Waals surface area contributed by atoms with E-state index in [0.29, 0.717) is 49.3 Å². The summed E-state index contributed by atoms with van der Waals surface area (Å²) < 4.78 is 5.23. The van der Waals surface area contributed by atoms with E-state index in [1.807, 2.05) is 17.0 Å². The van der Waals surface area contributed by atoms with Crippen molar-refractivity contribution in [3.63, 3.8) is 0 Å². The molecule has 2 N–H and O–H groups in total. The number of piperazine rings is 1. The molecule has 2 aromatic rings. The van der Waals surface area contributed by atoms with Gasteiger partial charge in [0, 0.05) is 81.1 Å². The van der Waals surface area contributed by atoms with Crippen LogP contribution in [-0.2, 0) is 22.5 Å². The second-order valence-corrected chi connectivity index (χ2v) is 10.4. The Morgan fingerprint density at radius 3 is 2.51 bits per heavy atom. The number of amides is 3. The molecule has 0 radical (unpaired) electrons. The monoisotopic (exact) mass is 547 g/mol. The zero-order valence-corrected chi connectivity index (χ0v) is 22.9. The topological polar surface area (TPSA) is 77.2 Å². The minimum Gasteiger partial charge on any atom is -0.383 e. The first-order chi connectivity index (χ1) is 17.9. The van der Waals surface area contributed by atoms with E-state index in [9.17, 15) is 9.59 Å². The first-order valence-corrected chi connectivity index (χ1v) is 13.5. The molecule has 2 aromatic carbocycles. The van der Waals surface area contributed by atoms with Crippen molar-refractivity contribution < 1.29 is 14.3 Å². The molecule has 2 saturated heterocycles. The normalized spacial score (nSPS) is 17.6. The van der Waals surface area contributed by atoms with Crippen molar-refractivity contribution in [3.8, 4) is 0 Å². The Morgan fingerprint density at radius 2 is 1.84 bits per heavy atom. The lowest BCUT2D eigenvalue weighted by molar-refractivity contribution is -0.136.